The van der Waals surface area contributed by atoms with E-state index in [4.69, 9.17) is 13.0 Å². The Morgan fingerprint density at radius 2 is 1.28 bits per heavy atom. The minimum atomic E-state index is -0.608. The Labute approximate surface area is 336 Å². The van der Waals surface area contributed by atoms with Gasteiger partial charge in [0, 0.05) is 43.3 Å². The number of benzene rings is 4. The molecule has 264 valence electrons. The molecule has 3 nitrogen and oxygen atoms in total. The molecule has 11 rings (SSSR count). The summed E-state index contributed by atoms with van der Waals surface area (Å²) in [5.74, 6) is 0.510. The van der Waals surface area contributed by atoms with Crippen molar-refractivity contribution in [3.63, 3.8) is 0 Å². The van der Waals surface area contributed by atoms with Gasteiger partial charge in [-0.2, -0.15) is 11.3 Å². The molecular formula is C47H45BN2OS2. The molecule has 0 saturated heterocycles. The number of hydrogen-bond acceptors (Lipinski definition) is 5. The van der Waals surface area contributed by atoms with Crippen LogP contribution < -0.4 is 30.2 Å². The van der Waals surface area contributed by atoms with Crippen LogP contribution in [-0.4, -0.2) is 6.71 Å². The average molecular weight is 739 g/mol. The molecule has 6 heteroatoms. The van der Waals surface area contributed by atoms with Crippen LogP contribution in [0.1, 0.15) is 87.3 Å². The highest BCUT2D eigenvalue weighted by Gasteiger charge is 2.50. The molecule has 0 unspecified atom stereocenters. The first-order valence-corrected chi connectivity index (χ1v) is 20.2. The molecule has 0 spiro atoms. The molecule has 53 heavy (non-hydrogen) atoms. The second kappa shape index (κ2) is 10.9. The molecule has 4 heterocycles. The number of hydrogen-bond donors (Lipinski definition) is 0. The zero-order valence-corrected chi connectivity index (χ0v) is 32.5. The van der Waals surface area contributed by atoms with Gasteiger partial charge in [-0.05, 0) is 130 Å². The molecule has 5 aliphatic rings. The van der Waals surface area contributed by atoms with E-state index in [0.29, 0.717) is 5.75 Å². The summed E-state index contributed by atoms with van der Waals surface area (Å²) in [6.45, 7) is 13.7. The molecule has 0 atom stereocenters. The van der Waals surface area contributed by atoms with Crippen molar-refractivity contribution in [2.45, 2.75) is 80.1 Å². The van der Waals surface area contributed by atoms with E-state index in [-0.39, 0.29) is 40.0 Å². The van der Waals surface area contributed by atoms with E-state index in [0.717, 1.165) is 66.1 Å². The Bertz CT molecular complexity index is 2950. The van der Waals surface area contributed by atoms with Gasteiger partial charge < -0.3 is 14.5 Å². The van der Waals surface area contributed by atoms with Crippen LogP contribution in [0.3, 0.4) is 0 Å². The summed E-state index contributed by atoms with van der Waals surface area (Å²) in [7, 11) is 0. The number of fused-ring (bicyclic) bond motifs is 9. The van der Waals surface area contributed by atoms with Gasteiger partial charge in [0.2, 0.25) is 0 Å². The minimum Gasteiger partial charge on any atom is -0.448 e. The van der Waals surface area contributed by atoms with Crippen molar-refractivity contribution in [1.29, 1.82) is 0 Å². The van der Waals surface area contributed by atoms with Crippen LogP contribution in [0, 0.1) is 16.2 Å². The Morgan fingerprint density at radius 1 is 0.660 bits per heavy atom. The van der Waals surface area contributed by atoms with Crippen LogP contribution in [0.4, 0.5) is 34.1 Å². The number of ether oxygens (including phenoxy) is 1. The van der Waals surface area contributed by atoms with Gasteiger partial charge in [0.05, 0.1) is 25.1 Å². The fourth-order valence-electron chi connectivity index (χ4n) is 9.89. The van der Waals surface area contributed by atoms with Gasteiger partial charge in [0.15, 0.2) is 5.06 Å². The van der Waals surface area contributed by atoms with E-state index in [1.807, 2.05) is 17.4 Å². The topological polar surface area (TPSA) is 15.7 Å². The maximum Gasteiger partial charge on any atom is 0.270 e. The van der Waals surface area contributed by atoms with Gasteiger partial charge in [0.25, 0.3) is 6.71 Å². The highest BCUT2D eigenvalue weighted by molar-refractivity contribution is 7.30. The first-order chi connectivity index (χ1) is 29.6. The SMILES string of the molecule is [2H]c1c([2H])c([2H])c(N(c2cc3c4c(c2)N(c2ccc5c(c2)CC(C)(C)C5)c2c(sc5c2CC(C)(C)C5)B4c2c(sc4c2CC(C)(C)C4)O3)c2c([2H])c([2H])c([2H])c([2H])c2[2H])c([2H])c1[2H]. The van der Waals surface area contributed by atoms with Gasteiger partial charge in [-0.15, -0.1) is 11.3 Å². The molecule has 2 aromatic heterocycles. The predicted octanol–water partition coefficient (Wildman–Crippen LogP) is 11.1. The molecule has 0 radical (unpaired) electrons. The van der Waals surface area contributed by atoms with Crippen molar-refractivity contribution in [2.75, 3.05) is 9.80 Å². The van der Waals surface area contributed by atoms with Crippen LogP contribution in [-0.2, 0) is 38.5 Å². The molecule has 0 fully saturated rings. The average Bonchev–Trinajstić information content (AvgIpc) is 3.98. The van der Waals surface area contributed by atoms with E-state index in [1.165, 1.54) is 47.1 Å². The first kappa shape index (κ1) is 23.5. The maximum atomic E-state index is 9.24. The van der Waals surface area contributed by atoms with Crippen LogP contribution in [0.2, 0.25) is 0 Å². The number of anilines is 6. The van der Waals surface area contributed by atoms with E-state index in [1.54, 1.807) is 17.4 Å². The summed E-state index contributed by atoms with van der Waals surface area (Å²) in [6, 6.07) is 4.50. The fourth-order valence-corrected chi connectivity index (χ4v) is 13.1. The maximum absolute atomic E-state index is 9.24. The van der Waals surface area contributed by atoms with Crippen molar-refractivity contribution in [1.82, 2.24) is 0 Å². The van der Waals surface area contributed by atoms with E-state index in [2.05, 4.69) is 64.6 Å². The third-order valence-corrected chi connectivity index (χ3v) is 14.3. The lowest BCUT2D eigenvalue weighted by Gasteiger charge is -2.40. The van der Waals surface area contributed by atoms with Gasteiger partial charge in [0.1, 0.15) is 5.75 Å². The number of para-hydroxylation sites is 2. The molecule has 6 aromatic rings. The van der Waals surface area contributed by atoms with Crippen LogP contribution in [0.25, 0.3) is 0 Å². The van der Waals surface area contributed by atoms with Crippen molar-refractivity contribution in [3.8, 4) is 10.8 Å². The standard InChI is InChI=1S/C47H45BN2OS2/c1-45(2)22-28-17-18-32(19-29(28)23-45)50-36-20-33(49(30-13-9-7-10-14-30)31-15-11-8-12-16-31)21-37-41(36)48(43-42(50)35-25-47(5,6)27-39(35)52-43)40-34-24-46(3,4)26-38(34)53-44(40)51-37/h7-21H,22-27H2,1-6H3/i7D,8D,9D,10D,11D,12D,13D,14D,15D,16D. The van der Waals surface area contributed by atoms with E-state index < -0.39 is 60.4 Å². The van der Waals surface area contributed by atoms with Crippen LogP contribution in [0.5, 0.6) is 10.8 Å². The van der Waals surface area contributed by atoms with Crippen LogP contribution in [0.15, 0.2) is 90.8 Å². The van der Waals surface area contributed by atoms with Gasteiger partial charge in [-0.25, -0.2) is 0 Å². The van der Waals surface area contributed by atoms with E-state index in [9.17, 15) is 5.48 Å². The summed E-state index contributed by atoms with van der Waals surface area (Å²) in [4.78, 5) is 6.29. The fraction of sp³-hybridized carbons (Fsp3) is 0.319. The molecule has 0 bridgehead atoms. The lowest BCUT2D eigenvalue weighted by Crippen LogP contribution is -2.59. The quantitative estimate of drug-likeness (QED) is 0.167. The highest BCUT2D eigenvalue weighted by Crippen LogP contribution is 2.54. The summed E-state index contributed by atoms with van der Waals surface area (Å²) in [5.41, 5.74) is 10.1. The lowest BCUT2D eigenvalue weighted by molar-refractivity contribution is 0.392. The zero-order chi connectivity index (χ0) is 44.7. The molecule has 4 aromatic carbocycles. The number of nitrogens with zero attached hydrogens (tertiary/aromatic N) is 2. The zero-order valence-electron chi connectivity index (χ0n) is 40.8. The highest BCUT2D eigenvalue weighted by atomic mass is 32.1. The van der Waals surface area contributed by atoms with E-state index >= 15 is 0 Å². The smallest absolute Gasteiger partial charge is 0.270 e. The monoisotopic (exact) mass is 738 g/mol. The Hall–Kier alpha value is -4.26. The second-order valence-electron chi connectivity index (χ2n) is 18.0. The van der Waals surface area contributed by atoms with Crippen LogP contribution >= 0.6 is 22.7 Å². The van der Waals surface area contributed by atoms with Gasteiger partial charge in [-0.3, -0.25) is 0 Å². The Balaban J connectivity index is 1.26. The molecular weight excluding hydrogens is 683 g/mol. The van der Waals surface area contributed by atoms with Crippen molar-refractivity contribution in [3.05, 3.63) is 123 Å². The minimum absolute atomic E-state index is 0.0460. The normalized spacial score (nSPS) is 21.5. The van der Waals surface area contributed by atoms with Crippen molar-refractivity contribution in [2.24, 2.45) is 16.2 Å². The second-order valence-corrected chi connectivity index (χ2v) is 20.2. The summed E-state index contributed by atoms with van der Waals surface area (Å²) < 4.78 is 97.2. The molecule has 3 aliphatic carbocycles. The third kappa shape index (κ3) is 4.90. The van der Waals surface area contributed by atoms with Crippen molar-refractivity contribution >= 4 is 79.2 Å². The molecule has 0 N–H and O–H groups in total. The number of rotatable bonds is 4. The molecule has 0 saturated carbocycles. The Morgan fingerprint density at radius 3 is 1.98 bits per heavy atom. The Kier molecular flexibility index (Phi) is 4.84. The number of thiophene rings is 2. The predicted molar refractivity (Wildman–Crippen MR) is 226 cm³/mol. The largest absolute Gasteiger partial charge is 0.448 e. The third-order valence-electron chi connectivity index (χ3n) is 11.9. The molecule has 2 aliphatic heterocycles. The summed E-state index contributed by atoms with van der Waals surface area (Å²) >= 11 is 3.58. The first-order valence-electron chi connectivity index (χ1n) is 23.6. The summed E-state index contributed by atoms with van der Waals surface area (Å²) in [6.07, 6.45) is 5.59. The molecule has 0 amide bonds. The summed E-state index contributed by atoms with van der Waals surface area (Å²) in [5, 5.41) is 0.807. The van der Waals surface area contributed by atoms with Gasteiger partial charge >= 0.3 is 0 Å². The van der Waals surface area contributed by atoms with Gasteiger partial charge in [-0.1, -0.05) is 83.9 Å². The lowest BCUT2D eigenvalue weighted by atomic mass is 9.36. The van der Waals surface area contributed by atoms with Crippen molar-refractivity contribution < 1.29 is 18.4 Å².